The van der Waals surface area contributed by atoms with Gasteiger partial charge in [-0.2, -0.15) is 0 Å². The van der Waals surface area contributed by atoms with E-state index < -0.39 is 12.0 Å². The van der Waals surface area contributed by atoms with Gasteiger partial charge in [-0.3, -0.25) is 19.7 Å². The molecular weight excluding hydrogens is 270 g/mol. The van der Waals surface area contributed by atoms with Gasteiger partial charge in [-0.1, -0.05) is 6.92 Å². The second-order valence-corrected chi connectivity index (χ2v) is 5.33. The van der Waals surface area contributed by atoms with Crippen molar-refractivity contribution in [1.29, 1.82) is 0 Å². The van der Waals surface area contributed by atoms with E-state index in [4.69, 9.17) is 0 Å². The fraction of sp³-hybridized carbons (Fsp3) is 0.467. The van der Waals surface area contributed by atoms with E-state index in [1.807, 2.05) is 20.8 Å². The summed E-state index contributed by atoms with van der Waals surface area (Å²) >= 11 is 0. The molecule has 1 N–H and O–H groups in total. The predicted octanol–water partition coefficient (Wildman–Crippen LogP) is 1.73. The standard InChI is InChI=1S/C15H19N3O3/c1-5-10-6-11(15(20)21)12(16-7-10)13-17-9(4)14(19)18(13)8(2)3/h6-9H,5H2,1-4H3,(H,20,21). The van der Waals surface area contributed by atoms with Crippen molar-refractivity contribution in [3.63, 3.8) is 0 Å². The van der Waals surface area contributed by atoms with Gasteiger partial charge in [0.25, 0.3) is 5.91 Å². The summed E-state index contributed by atoms with van der Waals surface area (Å²) in [5.74, 6) is -0.841. The minimum Gasteiger partial charge on any atom is -0.478 e. The van der Waals surface area contributed by atoms with Crippen molar-refractivity contribution in [3.8, 4) is 0 Å². The van der Waals surface area contributed by atoms with Gasteiger partial charge in [0, 0.05) is 12.2 Å². The Hall–Kier alpha value is -2.24. The second kappa shape index (κ2) is 5.63. The summed E-state index contributed by atoms with van der Waals surface area (Å²) in [7, 11) is 0. The number of hydrogen-bond donors (Lipinski definition) is 1. The van der Waals surface area contributed by atoms with Gasteiger partial charge < -0.3 is 5.11 Å². The molecule has 6 heteroatoms. The number of amides is 1. The van der Waals surface area contributed by atoms with Crippen LogP contribution in [0.15, 0.2) is 17.3 Å². The van der Waals surface area contributed by atoms with E-state index in [-0.39, 0.29) is 23.2 Å². The number of aryl methyl sites for hydroxylation is 1. The van der Waals surface area contributed by atoms with Crippen LogP contribution in [0, 0.1) is 0 Å². The molecule has 0 spiro atoms. The number of nitrogens with zero attached hydrogens (tertiary/aromatic N) is 3. The zero-order valence-corrected chi connectivity index (χ0v) is 12.6. The predicted molar refractivity (Wildman–Crippen MR) is 78.6 cm³/mol. The zero-order valence-electron chi connectivity index (χ0n) is 12.6. The molecule has 1 aromatic heterocycles. The summed E-state index contributed by atoms with van der Waals surface area (Å²) < 4.78 is 0. The number of carbonyl (C=O) groups is 2. The van der Waals surface area contributed by atoms with Gasteiger partial charge in [0.15, 0.2) is 5.84 Å². The van der Waals surface area contributed by atoms with Gasteiger partial charge in [0.05, 0.1) is 5.56 Å². The lowest BCUT2D eigenvalue weighted by Crippen LogP contribution is -2.41. The van der Waals surface area contributed by atoms with Crippen molar-refractivity contribution in [2.45, 2.75) is 46.2 Å². The van der Waals surface area contributed by atoms with E-state index in [0.717, 1.165) is 5.56 Å². The molecule has 1 unspecified atom stereocenters. The summed E-state index contributed by atoms with van der Waals surface area (Å²) in [6, 6.07) is 0.992. The van der Waals surface area contributed by atoms with E-state index in [9.17, 15) is 14.7 Å². The molecular formula is C15H19N3O3. The lowest BCUT2D eigenvalue weighted by molar-refractivity contribution is -0.128. The van der Waals surface area contributed by atoms with Crippen molar-refractivity contribution in [1.82, 2.24) is 9.88 Å². The molecule has 0 bridgehead atoms. The summed E-state index contributed by atoms with van der Waals surface area (Å²) in [4.78, 5) is 33.7. The van der Waals surface area contributed by atoms with Crippen LogP contribution in [-0.4, -0.2) is 44.8 Å². The molecule has 1 aromatic rings. The fourth-order valence-electron chi connectivity index (χ4n) is 2.32. The van der Waals surface area contributed by atoms with Gasteiger partial charge in [0.1, 0.15) is 11.7 Å². The normalized spacial score (nSPS) is 18.3. The smallest absolute Gasteiger partial charge is 0.338 e. The van der Waals surface area contributed by atoms with Crippen molar-refractivity contribution in [3.05, 3.63) is 29.1 Å². The minimum absolute atomic E-state index is 0.0839. The number of aliphatic imine (C=N–C) groups is 1. The summed E-state index contributed by atoms with van der Waals surface area (Å²) in [6.45, 7) is 7.37. The average molecular weight is 289 g/mol. The SMILES string of the molecule is CCc1cnc(C2=NC(C)C(=O)N2C(C)C)c(C(=O)O)c1. The number of carboxylic acid groups (broad SMARTS) is 1. The molecule has 0 saturated carbocycles. The van der Waals surface area contributed by atoms with E-state index in [0.29, 0.717) is 12.3 Å². The van der Waals surface area contributed by atoms with Crippen molar-refractivity contribution in [2.24, 2.45) is 4.99 Å². The Morgan fingerprint density at radius 3 is 2.67 bits per heavy atom. The molecule has 2 heterocycles. The van der Waals surface area contributed by atoms with Gasteiger partial charge in [0.2, 0.25) is 0 Å². The summed E-state index contributed by atoms with van der Waals surface area (Å²) in [6.07, 6.45) is 2.33. The Balaban J connectivity index is 2.57. The van der Waals surface area contributed by atoms with E-state index in [1.165, 1.54) is 4.90 Å². The highest BCUT2D eigenvalue weighted by Crippen LogP contribution is 2.21. The number of carbonyl (C=O) groups excluding carboxylic acids is 1. The molecule has 0 saturated heterocycles. The van der Waals surface area contributed by atoms with Crippen LogP contribution in [0.2, 0.25) is 0 Å². The number of aromatic carboxylic acids is 1. The number of rotatable bonds is 4. The van der Waals surface area contributed by atoms with E-state index in [1.54, 1.807) is 19.2 Å². The van der Waals surface area contributed by atoms with E-state index in [2.05, 4.69) is 9.98 Å². The van der Waals surface area contributed by atoms with Crippen molar-refractivity contribution >= 4 is 17.7 Å². The third-order valence-corrected chi connectivity index (χ3v) is 3.45. The average Bonchev–Trinajstić information content (AvgIpc) is 2.74. The van der Waals surface area contributed by atoms with Crippen LogP contribution < -0.4 is 0 Å². The van der Waals surface area contributed by atoms with Gasteiger partial charge in [-0.25, -0.2) is 4.79 Å². The zero-order chi connectivity index (χ0) is 15.7. The van der Waals surface area contributed by atoms with Gasteiger partial charge >= 0.3 is 5.97 Å². The molecule has 1 aliphatic rings. The molecule has 21 heavy (non-hydrogen) atoms. The van der Waals surface area contributed by atoms with Crippen molar-refractivity contribution < 1.29 is 14.7 Å². The molecule has 6 nitrogen and oxygen atoms in total. The molecule has 0 aliphatic carbocycles. The molecule has 0 fully saturated rings. The highest BCUT2D eigenvalue weighted by atomic mass is 16.4. The lowest BCUT2D eigenvalue weighted by Gasteiger charge is -2.23. The highest BCUT2D eigenvalue weighted by Gasteiger charge is 2.36. The molecule has 112 valence electrons. The lowest BCUT2D eigenvalue weighted by atomic mass is 10.1. The quantitative estimate of drug-likeness (QED) is 0.915. The number of hydrogen-bond acceptors (Lipinski definition) is 4. The molecule has 2 rings (SSSR count). The third kappa shape index (κ3) is 2.66. The fourth-order valence-corrected chi connectivity index (χ4v) is 2.32. The molecule has 1 aliphatic heterocycles. The Labute approximate surface area is 123 Å². The Morgan fingerprint density at radius 1 is 1.48 bits per heavy atom. The second-order valence-electron chi connectivity index (χ2n) is 5.33. The Bertz CT molecular complexity index is 623. The topological polar surface area (TPSA) is 82.9 Å². The highest BCUT2D eigenvalue weighted by molar-refractivity contribution is 6.16. The number of aromatic nitrogens is 1. The number of amidine groups is 1. The Morgan fingerprint density at radius 2 is 2.14 bits per heavy atom. The van der Waals surface area contributed by atoms with Crippen LogP contribution in [0.25, 0.3) is 0 Å². The summed E-state index contributed by atoms with van der Waals surface area (Å²) in [5, 5.41) is 9.40. The molecule has 0 radical (unpaired) electrons. The Kier molecular flexibility index (Phi) is 4.06. The van der Waals surface area contributed by atoms with Crippen LogP contribution in [0.4, 0.5) is 0 Å². The van der Waals surface area contributed by atoms with E-state index >= 15 is 0 Å². The minimum atomic E-state index is -1.06. The monoisotopic (exact) mass is 289 g/mol. The first kappa shape index (κ1) is 15.2. The third-order valence-electron chi connectivity index (χ3n) is 3.45. The van der Waals surface area contributed by atoms with Crippen LogP contribution in [0.3, 0.4) is 0 Å². The maximum Gasteiger partial charge on any atom is 0.338 e. The largest absolute Gasteiger partial charge is 0.478 e. The molecule has 1 amide bonds. The van der Waals surface area contributed by atoms with Gasteiger partial charge in [-0.05, 0) is 38.8 Å². The van der Waals surface area contributed by atoms with Crippen LogP contribution in [0.5, 0.6) is 0 Å². The van der Waals surface area contributed by atoms with Crippen LogP contribution >= 0.6 is 0 Å². The maximum atomic E-state index is 12.2. The molecule has 0 aromatic carbocycles. The molecule has 1 atom stereocenters. The first-order chi connectivity index (χ1) is 9.86. The summed E-state index contributed by atoms with van der Waals surface area (Å²) in [5.41, 5.74) is 1.18. The van der Waals surface area contributed by atoms with Gasteiger partial charge in [-0.15, -0.1) is 0 Å². The number of pyridine rings is 1. The first-order valence-corrected chi connectivity index (χ1v) is 7.00. The first-order valence-electron chi connectivity index (χ1n) is 7.00. The van der Waals surface area contributed by atoms with Crippen LogP contribution in [-0.2, 0) is 11.2 Å². The maximum absolute atomic E-state index is 12.2. The van der Waals surface area contributed by atoms with Crippen molar-refractivity contribution in [2.75, 3.05) is 0 Å². The number of carboxylic acids is 1. The van der Waals surface area contributed by atoms with Crippen LogP contribution in [0.1, 0.15) is 49.3 Å².